The molecule has 0 aliphatic carbocycles. The number of thiophene rings is 1. The van der Waals surface area contributed by atoms with E-state index >= 15 is 0 Å². The van der Waals surface area contributed by atoms with Gasteiger partial charge >= 0.3 is 0 Å². The van der Waals surface area contributed by atoms with Gasteiger partial charge < -0.3 is 5.32 Å². The normalized spacial score (nSPS) is 13.4. The maximum absolute atomic E-state index is 3.24. The van der Waals surface area contributed by atoms with E-state index in [0.29, 0.717) is 0 Å². The van der Waals surface area contributed by atoms with Gasteiger partial charge in [0.2, 0.25) is 0 Å². The SMILES string of the molecule is CNCCC(CC(C)C)c1cccs1. The van der Waals surface area contributed by atoms with Crippen LogP contribution in [0.3, 0.4) is 0 Å². The van der Waals surface area contributed by atoms with Crippen molar-refractivity contribution in [2.24, 2.45) is 5.92 Å². The molecule has 1 unspecified atom stereocenters. The molecule has 1 atom stereocenters. The fourth-order valence-corrected chi connectivity index (χ4v) is 2.67. The van der Waals surface area contributed by atoms with Crippen LogP contribution in [0.1, 0.15) is 37.5 Å². The van der Waals surface area contributed by atoms with Crippen LogP contribution in [0.2, 0.25) is 0 Å². The van der Waals surface area contributed by atoms with Crippen molar-refractivity contribution >= 4 is 11.3 Å². The minimum atomic E-state index is 0.752. The molecule has 80 valence electrons. The molecule has 0 aromatic carbocycles. The van der Waals surface area contributed by atoms with E-state index in [-0.39, 0.29) is 0 Å². The van der Waals surface area contributed by atoms with Crippen molar-refractivity contribution in [3.8, 4) is 0 Å². The maximum Gasteiger partial charge on any atom is 0.00767 e. The van der Waals surface area contributed by atoms with E-state index in [9.17, 15) is 0 Å². The summed E-state index contributed by atoms with van der Waals surface area (Å²) in [6.45, 7) is 5.73. The van der Waals surface area contributed by atoms with E-state index in [1.807, 2.05) is 18.4 Å². The molecule has 1 nitrogen and oxygen atoms in total. The lowest BCUT2D eigenvalue weighted by Gasteiger charge is -2.17. The summed E-state index contributed by atoms with van der Waals surface area (Å²) in [6, 6.07) is 4.43. The Labute approximate surface area is 91.5 Å². The lowest BCUT2D eigenvalue weighted by Crippen LogP contribution is -2.13. The second-order valence-electron chi connectivity index (χ2n) is 4.23. The first-order valence-corrected chi connectivity index (χ1v) is 6.30. The minimum absolute atomic E-state index is 0.752. The number of rotatable bonds is 6. The van der Waals surface area contributed by atoms with Crippen molar-refractivity contribution in [3.63, 3.8) is 0 Å². The Morgan fingerprint density at radius 2 is 2.21 bits per heavy atom. The molecule has 0 saturated heterocycles. The van der Waals surface area contributed by atoms with Crippen molar-refractivity contribution in [1.29, 1.82) is 0 Å². The van der Waals surface area contributed by atoms with E-state index in [0.717, 1.165) is 18.4 Å². The average Bonchev–Trinajstić information content (AvgIpc) is 2.64. The van der Waals surface area contributed by atoms with Crippen LogP contribution >= 0.6 is 11.3 Å². The Bertz CT molecular complexity index is 228. The van der Waals surface area contributed by atoms with Crippen LogP contribution in [0.15, 0.2) is 17.5 Å². The summed E-state index contributed by atoms with van der Waals surface area (Å²) in [5.74, 6) is 1.54. The Balaban J connectivity index is 2.53. The smallest absolute Gasteiger partial charge is 0.00767 e. The van der Waals surface area contributed by atoms with Crippen LogP contribution in [0.25, 0.3) is 0 Å². The zero-order valence-corrected chi connectivity index (χ0v) is 10.2. The van der Waals surface area contributed by atoms with Crippen LogP contribution in [-0.4, -0.2) is 13.6 Å². The Morgan fingerprint density at radius 3 is 2.71 bits per heavy atom. The molecule has 1 aromatic rings. The first-order chi connectivity index (χ1) is 6.74. The van der Waals surface area contributed by atoms with Gasteiger partial charge in [-0.2, -0.15) is 0 Å². The van der Waals surface area contributed by atoms with E-state index in [1.165, 1.54) is 12.8 Å². The van der Waals surface area contributed by atoms with Crippen LogP contribution in [0.4, 0.5) is 0 Å². The molecule has 0 bridgehead atoms. The predicted molar refractivity (Wildman–Crippen MR) is 65.1 cm³/mol. The topological polar surface area (TPSA) is 12.0 Å². The Kier molecular flexibility index (Phi) is 5.20. The summed E-state index contributed by atoms with van der Waals surface area (Å²) in [4.78, 5) is 1.55. The summed E-state index contributed by atoms with van der Waals surface area (Å²) in [7, 11) is 2.03. The quantitative estimate of drug-likeness (QED) is 0.759. The van der Waals surface area contributed by atoms with Crippen LogP contribution in [0, 0.1) is 5.92 Å². The number of hydrogen-bond acceptors (Lipinski definition) is 2. The van der Waals surface area contributed by atoms with E-state index in [2.05, 4.69) is 36.7 Å². The lowest BCUT2D eigenvalue weighted by molar-refractivity contribution is 0.475. The van der Waals surface area contributed by atoms with Gasteiger partial charge in [0.1, 0.15) is 0 Å². The molecule has 14 heavy (non-hydrogen) atoms. The highest BCUT2D eigenvalue weighted by atomic mass is 32.1. The van der Waals surface area contributed by atoms with Gasteiger partial charge in [-0.25, -0.2) is 0 Å². The largest absolute Gasteiger partial charge is 0.320 e. The molecule has 2 heteroatoms. The van der Waals surface area contributed by atoms with E-state index < -0.39 is 0 Å². The molecule has 0 amide bonds. The van der Waals surface area contributed by atoms with Gasteiger partial charge in [-0.3, -0.25) is 0 Å². The van der Waals surface area contributed by atoms with Crippen LogP contribution in [0.5, 0.6) is 0 Å². The zero-order chi connectivity index (χ0) is 10.4. The molecular formula is C12H21NS. The van der Waals surface area contributed by atoms with Gasteiger partial charge in [0.05, 0.1) is 0 Å². The summed E-state index contributed by atoms with van der Waals surface area (Å²) in [6.07, 6.45) is 2.57. The molecular weight excluding hydrogens is 190 g/mol. The van der Waals surface area contributed by atoms with Crippen molar-refractivity contribution < 1.29 is 0 Å². The van der Waals surface area contributed by atoms with Gasteiger partial charge in [0.25, 0.3) is 0 Å². The van der Waals surface area contributed by atoms with Gasteiger partial charge in [0.15, 0.2) is 0 Å². The molecule has 1 N–H and O–H groups in total. The molecule has 1 heterocycles. The highest BCUT2D eigenvalue weighted by Gasteiger charge is 2.13. The average molecular weight is 211 g/mol. The summed E-state index contributed by atoms with van der Waals surface area (Å²) < 4.78 is 0. The zero-order valence-electron chi connectivity index (χ0n) is 9.42. The first kappa shape index (κ1) is 11.7. The molecule has 0 aliphatic heterocycles. The Morgan fingerprint density at radius 1 is 1.43 bits per heavy atom. The fraction of sp³-hybridized carbons (Fsp3) is 0.667. The summed E-state index contributed by atoms with van der Waals surface area (Å²) >= 11 is 1.90. The van der Waals surface area contributed by atoms with Gasteiger partial charge in [0, 0.05) is 4.88 Å². The first-order valence-electron chi connectivity index (χ1n) is 5.42. The summed E-state index contributed by atoms with van der Waals surface area (Å²) in [5.41, 5.74) is 0. The van der Waals surface area contributed by atoms with Crippen LogP contribution < -0.4 is 5.32 Å². The molecule has 1 aromatic heterocycles. The maximum atomic E-state index is 3.24. The fourth-order valence-electron chi connectivity index (χ4n) is 1.79. The van der Waals surface area contributed by atoms with Crippen molar-refractivity contribution in [2.75, 3.05) is 13.6 Å². The van der Waals surface area contributed by atoms with E-state index in [1.54, 1.807) is 4.88 Å². The standard InChI is InChI=1S/C12H21NS/c1-10(2)9-11(6-7-13-3)12-5-4-8-14-12/h4-5,8,10-11,13H,6-7,9H2,1-3H3. The molecule has 1 rings (SSSR count). The van der Waals surface area contributed by atoms with Crippen molar-refractivity contribution in [1.82, 2.24) is 5.32 Å². The molecule has 0 aliphatic rings. The summed E-state index contributed by atoms with van der Waals surface area (Å²) in [5, 5.41) is 5.42. The third kappa shape index (κ3) is 3.81. The monoisotopic (exact) mass is 211 g/mol. The highest BCUT2D eigenvalue weighted by molar-refractivity contribution is 7.10. The molecule has 0 spiro atoms. The third-order valence-corrected chi connectivity index (χ3v) is 3.48. The minimum Gasteiger partial charge on any atom is -0.320 e. The predicted octanol–water partition coefficient (Wildman–Crippen LogP) is 3.49. The number of nitrogens with one attached hydrogen (secondary N) is 1. The van der Waals surface area contributed by atoms with Gasteiger partial charge in [-0.05, 0) is 49.7 Å². The third-order valence-electron chi connectivity index (χ3n) is 2.44. The molecule has 0 fully saturated rings. The molecule has 0 saturated carbocycles. The van der Waals surface area contributed by atoms with Crippen molar-refractivity contribution in [2.45, 2.75) is 32.6 Å². The second-order valence-corrected chi connectivity index (χ2v) is 5.21. The highest BCUT2D eigenvalue weighted by Crippen LogP contribution is 2.29. The van der Waals surface area contributed by atoms with Gasteiger partial charge in [-0.1, -0.05) is 19.9 Å². The van der Waals surface area contributed by atoms with Gasteiger partial charge in [-0.15, -0.1) is 11.3 Å². The van der Waals surface area contributed by atoms with Crippen molar-refractivity contribution in [3.05, 3.63) is 22.4 Å². The second kappa shape index (κ2) is 6.20. The Hall–Kier alpha value is -0.340. The molecule has 0 radical (unpaired) electrons. The van der Waals surface area contributed by atoms with Crippen LogP contribution in [-0.2, 0) is 0 Å². The lowest BCUT2D eigenvalue weighted by atomic mass is 9.93. The van der Waals surface area contributed by atoms with E-state index in [4.69, 9.17) is 0 Å². The number of hydrogen-bond donors (Lipinski definition) is 1.